The van der Waals surface area contributed by atoms with Crippen molar-refractivity contribution in [3.63, 3.8) is 0 Å². The number of nitrogen functional groups attached to an aromatic ring is 1. The fraction of sp³-hybridized carbons (Fsp3) is 0.759. The molecule has 0 radical (unpaired) electrons. The molecule has 5 rings (SSSR count). The zero-order chi connectivity index (χ0) is 26.5. The molecule has 2 aliphatic heterocycles. The minimum Gasteiger partial charge on any atom is -0.384 e. The van der Waals surface area contributed by atoms with Crippen molar-refractivity contribution < 1.29 is 14.3 Å². The largest absolute Gasteiger partial charge is 0.384 e. The van der Waals surface area contributed by atoms with Crippen LogP contribution in [0.25, 0.3) is 0 Å². The summed E-state index contributed by atoms with van der Waals surface area (Å²) in [6.07, 6.45) is 9.86. The molecule has 4 N–H and O–H groups in total. The highest BCUT2D eigenvalue weighted by Gasteiger charge is 2.66. The number of halogens is 2. The van der Waals surface area contributed by atoms with Gasteiger partial charge in [-0.25, -0.2) is 4.98 Å². The van der Waals surface area contributed by atoms with Gasteiger partial charge in [0.2, 0.25) is 11.8 Å². The molecule has 0 spiro atoms. The van der Waals surface area contributed by atoms with E-state index in [0.29, 0.717) is 24.8 Å². The third kappa shape index (κ3) is 7.59. The van der Waals surface area contributed by atoms with Crippen molar-refractivity contribution in [3.05, 3.63) is 23.4 Å². The Morgan fingerprint density at radius 2 is 1.85 bits per heavy atom. The van der Waals surface area contributed by atoms with Gasteiger partial charge in [0, 0.05) is 45.0 Å². The molecule has 1 aromatic heterocycles. The molecular weight excluding hydrogens is 551 g/mol. The Hall–Kier alpha value is -1.65. The van der Waals surface area contributed by atoms with Gasteiger partial charge >= 0.3 is 0 Å². The van der Waals surface area contributed by atoms with E-state index in [1.165, 1.54) is 32.1 Å². The van der Waals surface area contributed by atoms with E-state index < -0.39 is 5.54 Å². The molecule has 226 valence electrons. The SMILES string of the molecule is Cc1nc(N)ccc1CNC(=O)[C@]12C[C@H]1CCCN2C(=O)[C@@H](CC1CCCCC1)NCCN1CCOCC1.Cl.Cl. The number of hydrogen-bond donors (Lipinski definition) is 3. The minimum absolute atomic E-state index is 0. The van der Waals surface area contributed by atoms with Crippen LogP contribution in [0.4, 0.5) is 5.82 Å². The second-order valence-electron chi connectivity index (χ2n) is 11.8. The predicted octanol–water partition coefficient (Wildman–Crippen LogP) is 3.07. The second-order valence-corrected chi connectivity index (χ2v) is 11.8. The van der Waals surface area contributed by atoms with Crippen molar-refractivity contribution in [3.8, 4) is 0 Å². The van der Waals surface area contributed by atoms with E-state index in [0.717, 1.165) is 76.3 Å². The topological polar surface area (TPSA) is 113 Å². The number of aromatic nitrogens is 1. The van der Waals surface area contributed by atoms with Gasteiger partial charge in [0.05, 0.1) is 19.3 Å². The quantitative estimate of drug-likeness (QED) is 0.379. The Bertz CT molecular complexity index is 989. The molecule has 9 nitrogen and oxygen atoms in total. The number of pyridine rings is 1. The van der Waals surface area contributed by atoms with E-state index in [1.54, 1.807) is 6.07 Å². The lowest BCUT2D eigenvalue weighted by Gasteiger charge is -2.39. The van der Waals surface area contributed by atoms with Gasteiger partial charge in [-0.15, -0.1) is 24.8 Å². The first-order valence-corrected chi connectivity index (χ1v) is 14.8. The lowest BCUT2D eigenvalue weighted by molar-refractivity contribution is -0.146. The van der Waals surface area contributed by atoms with Gasteiger partial charge in [-0.3, -0.25) is 14.5 Å². The Labute approximate surface area is 251 Å². The van der Waals surface area contributed by atoms with Crippen molar-refractivity contribution in [2.24, 2.45) is 11.8 Å². The van der Waals surface area contributed by atoms with E-state index in [1.807, 2.05) is 17.9 Å². The standard InChI is InChI=1S/C29H46N6O3.2ClH/c1-21-23(9-10-26(30)33-21)20-32-28(37)29-19-24(29)8-5-12-35(29)27(36)25(18-22-6-3-2-4-7-22)31-11-13-34-14-16-38-17-15-34;;/h9-10,22,24-25,31H,2-8,11-20H2,1H3,(H2,30,33)(H,32,37);2*1H/t24-,25-,29+;;/m1../s1. The highest BCUT2D eigenvalue weighted by atomic mass is 35.5. The van der Waals surface area contributed by atoms with Crippen LogP contribution in [0.3, 0.4) is 0 Å². The number of nitrogens with zero attached hydrogens (tertiary/aromatic N) is 3. The number of ether oxygens (including phenoxy) is 1. The fourth-order valence-corrected chi connectivity index (χ4v) is 6.95. The van der Waals surface area contributed by atoms with Crippen molar-refractivity contribution >= 4 is 42.4 Å². The van der Waals surface area contributed by atoms with Gasteiger partial charge in [-0.1, -0.05) is 38.2 Å². The second kappa shape index (κ2) is 15.0. The van der Waals surface area contributed by atoms with E-state index >= 15 is 0 Å². The molecule has 2 saturated carbocycles. The molecule has 0 unspecified atom stereocenters. The molecular formula is C29H48Cl2N6O3. The number of likely N-dealkylation sites (tertiary alicyclic amines) is 1. The maximum absolute atomic E-state index is 14.2. The van der Waals surface area contributed by atoms with Crippen LogP contribution in [0, 0.1) is 18.8 Å². The van der Waals surface area contributed by atoms with Crippen LogP contribution in [-0.2, 0) is 20.9 Å². The number of morpholine rings is 1. The van der Waals surface area contributed by atoms with Crippen molar-refractivity contribution in [1.82, 2.24) is 25.4 Å². The molecule has 0 bridgehead atoms. The third-order valence-electron chi connectivity index (χ3n) is 9.32. The number of carbonyl (C=O) groups excluding carboxylic acids is 2. The van der Waals surface area contributed by atoms with Crippen LogP contribution in [0.5, 0.6) is 0 Å². The molecule has 1 aromatic rings. The summed E-state index contributed by atoms with van der Waals surface area (Å²) in [5, 5.41) is 6.80. The number of fused-ring (bicyclic) bond motifs is 1. The molecule has 2 saturated heterocycles. The maximum atomic E-state index is 14.2. The van der Waals surface area contributed by atoms with E-state index in [2.05, 4.69) is 20.5 Å². The molecule has 40 heavy (non-hydrogen) atoms. The molecule has 3 heterocycles. The number of nitrogens with two attached hydrogens (primary N) is 1. The number of anilines is 1. The smallest absolute Gasteiger partial charge is 0.246 e. The zero-order valence-electron chi connectivity index (χ0n) is 23.9. The number of nitrogens with one attached hydrogen (secondary N) is 2. The summed E-state index contributed by atoms with van der Waals surface area (Å²) in [7, 11) is 0. The minimum atomic E-state index is -0.693. The molecule has 4 aliphatic rings. The van der Waals surface area contributed by atoms with E-state index in [4.69, 9.17) is 10.5 Å². The average Bonchev–Trinajstić information content (AvgIpc) is 3.69. The summed E-state index contributed by atoms with van der Waals surface area (Å²) < 4.78 is 5.49. The molecule has 11 heteroatoms. The average molecular weight is 600 g/mol. The van der Waals surface area contributed by atoms with Gasteiger partial charge < -0.3 is 26.0 Å². The molecule has 0 aromatic carbocycles. The summed E-state index contributed by atoms with van der Waals surface area (Å²) in [4.78, 5) is 36.5. The van der Waals surface area contributed by atoms with Gasteiger partial charge in [0.1, 0.15) is 11.4 Å². The maximum Gasteiger partial charge on any atom is 0.246 e. The normalized spacial score (nSPS) is 25.6. The molecule has 2 amide bonds. The van der Waals surface area contributed by atoms with Crippen LogP contribution in [0.15, 0.2) is 12.1 Å². The number of amides is 2. The van der Waals surface area contributed by atoms with E-state index in [-0.39, 0.29) is 48.6 Å². The summed E-state index contributed by atoms with van der Waals surface area (Å²) in [5.41, 5.74) is 6.88. The molecule has 2 aliphatic carbocycles. The Kier molecular flexibility index (Phi) is 12.3. The van der Waals surface area contributed by atoms with Crippen LogP contribution in [-0.4, -0.2) is 84.1 Å². The fourth-order valence-electron chi connectivity index (χ4n) is 6.95. The predicted molar refractivity (Wildman–Crippen MR) is 162 cm³/mol. The summed E-state index contributed by atoms with van der Waals surface area (Å²) in [5.74, 6) is 1.43. The zero-order valence-corrected chi connectivity index (χ0v) is 25.5. The van der Waals surface area contributed by atoms with Crippen LogP contribution < -0.4 is 16.4 Å². The van der Waals surface area contributed by atoms with Crippen LogP contribution in [0.1, 0.15) is 69.0 Å². The summed E-state index contributed by atoms with van der Waals surface area (Å²) in [6.45, 7) is 8.13. The number of piperidine rings is 1. The third-order valence-corrected chi connectivity index (χ3v) is 9.32. The first-order chi connectivity index (χ1) is 18.5. The Morgan fingerprint density at radius 3 is 2.58 bits per heavy atom. The van der Waals surface area contributed by atoms with Crippen molar-refractivity contribution in [2.45, 2.75) is 82.8 Å². The number of aryl methyl sites for hydroxylation is 1. The monoisotopic (exact) mass is 598 g/mol. The number of hydrogen-bond acceptors (Lipinski definition) is 7. The highest BCUT2D eigenvalue weighted by molar-refractivity contribution is 5.96. The first kappa shape index (κ1) is 32.9. The number of rotatable bonds is 10. The van der Waals surface area contributed by atoms with Crippen molar-refractivity contribution in [2.75, 3.05) is 51.7 Å². The molecule has 4 fully saturated rings. The van der Waals surface area contributed by atoms with E-state index in [9.17, 15) is 9.59 Å². The van der Waals surface area contributed by atoms with Crippen LogP contribution in [0.2, 0.25) is 0 Å². The van der Waals surface area contributed by atoms with Gasteiger partial charge in [-0.05, 0) is 56.1 Å². The highest BCUT2D eigenvalue weighted by Crippen LogP contribution is 2.54. The molecule has 3 atom stereocenters. The Balaban J connectivity index is 0.00000220. The number of carbonyl (C=O) groups is 2. The van der Waals surface area contributed by atoms with Gasteiger partial charge in [0.15, 0.2) is 0 Å². The lowest BCUT2D eigenvalue weighted by Crippen LogP contribution is -2.59. The van der Waals surface area contributed by atoms with Gasteiger partial charge in [-0.2, -0.15) is 0 Å². The van der Waals surface area contributed by atoms with Crippen molar-refractivity contribution in [1.29, 1.82) is 0 Å². The summed E-state index contributed by atoms with van der Waals surface area (Å²) >= 11 is 0. The van der Waals surface area contributed by atoms with Crippen LogP contribution >= 0.6 is 24.8 Å². The summed E-state index contributed by atoms with van der Waals surface area (Å²) in [6, 6.07) is 3.45. The Morgan fingerprint density at radius 1 is 1.10 bits per heavy atom. The lowest BCUT2D eigenvalue weighted by atomic mass is 9.84. The first-order valence-electron chi connectivity index (χ1n) is 14.8. The van der Waals surface area contributed by atoms with Gasteiger partial charge in [0.25, 0.3) is 0 Å².